The smallest absolute Gasteiger partial charge is 0.162 e. The molecule has 14 N–H and O–H groups in total. The summed E-state index contributed by atoms with van der Waals surface area (Å²) in [7, 11) is 0. The molecule has 4 aliphatic heterocycles. The quantitative estimate of drug-likeness (QED) is 0.0453. The number of rotatable bonds is 15. The Bertz CT molecular complexity index is 7410. The summed E-state index contributed by atoms with van der Waals surface area (Å²) in [5.74, 6) is 1.28. The van der Waals surface area contributed by atoms with E-state index < -0.39 is 109 Å². The summed E-state index contributed by atoms with van der Waals surface area (Å²) in [6.07, 6.45) is 20.4. The van der Waals surface area contributed by atoms with Gasteiger partial charge in [0.2, 0.25) is 0 Å². The summed E-state index contributed by atoms with van der Waals surface area (Å²) >= 11 is 0. The number of nitrogens with zero attached hydrogens (tertiary/aromatic N) is 14. The van der Waals surface area contributed by atoms with E-state index in [1.807, 2.05) is 161 Å². The summed E-state index contributed by atoms with van der Waals surface area (Å²) in [5, 5.41) is 135. The van der Waals surface area contributed by atoms with Crippen LogP contribution < -0.4 is 45.0 Å². The van der Waals surface area contributed by atoms with Crippen LogP contribution in [0.15, 0.2) is 166 Å². The van der Waals surface area contributed by atoms with E-state index in [2.05, 4.69) is 87.1 Å². The van der Waals surface area contributed by atoms with E-state index in [-0.39, 0.29) is 29.9 Å². The molecule has 10 aliphatic rings. The molecule has 0 bridgehead atoms. The predicted molar refractivity (Wildman–Crippen MR) is 541 cm³/mol. The van der Waals surface area contributed by atoms with E-state index >= 15 is 0 Å². The Labute approximate surface area is 841 Å². The molecule has 5 saturated carbocycles. The third-order valence-electron chi connectivity index (χ3n) is 31.6. The molecule has 0 unspecified atom stereocenters. The first-order valence-electron chi connectivity index (χ1n) is 50.8. The highest BCUT2D eigenvalue weighted by atomic mass is 19.2. The highest BCUT2D eigenvalue weighted by molar-refractivity contribution is 5.83. The maximum atomic E-state index is 14.2. The number of pyridine rings is 6. The van der Waals surface area contributed by atoms with Crippen LogP contribution in [0.5, 0.6) is 28.7 Å². The van der Waals surface area contributed by atoms with E-state index in [1.54, 1.807) is 43.2 Å². The summed E-state index contributed by atoms with van der Waals surface area (Å²) in [6, 6.07) is 27.2. The third kappa shape index (κ3) is 19.0. The number of aliphatic hydroxyl groups is 10. The Morgan fingerprint density at radius 1 is 0.329 bits per heavy atom. The van der Waals surface area contributed by atoms with E-state index in [9.17, 15) is 65.1 Å². The molecule has 35 heteroatoms. The van der Waals surface area contributed by atoms with Gasteiger partial charge < -0.3 is 119 Å². The fraction of sp³-hybridized carbons (Fsp3) is 0.432. The van der Waals surface area contributed by atoms with Crippen molar-refractivity contribution in [1.29, 1.82) is 5.26 Å². The number of halogens is 2. The zero-order valence-electron chi connectivity index (χ0n) is 82.5. The van der Waals surface area contributed by atoms with Crippen LogP contribution in [0.2, 0.25) is 0 Å². The molecule has 3 aromatic carbocycles. The highest BCUT2D eigenvalue weighted by Gasteiger charge is 2.51. The van der Waals surface area contributed by atoms with Gasteiger partial charge in [-0.25, -0.2) is 38.7 Å². The van der Waals surface area contributed by atoms with Crippen molar-refractivity contribution in [2.24, 2.45) is 0 Å². The highest BCUT2D eigenvalue weighted by Crippen LogP contribution is 2.47. The van der Waals surface area contributed by atoms with Gasteiger partial charge in [0.25, 0.3) is 0 Å². The fourth-order valence-electron chi connectivity index (χ4n) is 23.5. The van der Waals surface area contributed by atoms with Gasteiger partial charge in [0, 0.05) is 187 Å². The fourth-order valence-corrected chi connectivity index (χ4v) is 23.5. The first-order valence-corrected chi connectivity index (χ1v) is 50.8. The molecule has 762 valence electrons. The SMILES string of the molecule is Cc1cc2c(c(O[C@H]3C[C@@H](n4ccc5c(C)ccnc54)[C@H](O)[C@@H]3O)c1)CCNC2.Cc1ccnc2c1ccn2[C@@H]1C[C@H](Oc2cc(C#N)cc3c2CNCC3)[C@@H](O)[C@H]1O.Cc1ccnc2c1ccn2[C@@H]1C[C@H](Oc2cc(F)c(F)c3c2CNCC3)[C@@H](O)[C@H]1O.Cc1ccnc2c1ccn2[C@@H]1C[C@H](Oc2cncc3c2CNCC3)[C@@H](O)[C@H]1O.Cc1ncc(O[C@H]2C[C@@H](n3ccc4c(C)ncnc43)[C@H](O)[C@@H]2O)c2c1CCCC2. The number of aromatic nitrogens is 13. The van der Waals surface area contributed by atoms with Crippen LogP contribution >= 0.6 is 0 Å². The lowest BCUT2D eigenvalue weighted by atomic mass is 9.90. The lowest BCUT2D eigenvalue weighted by Gasteiger charge is -2.25. The Balaban J connectivity index is 0.000000107. The van der Waals surface area contributed by atoms with Gasteiger partial charge in [0.05, 0.1) is 59.9 Å². The molecule has 25 rings (SSSR count). The van der Waals surface area contributed by atoms with Crippen molar-refractivity contribution in [3.05, 3.63) is 278 Å². The number of nitrogens with one attached hydrogen (secondary N) is 4. The molecule has 146 heavy (non-hydrogen) atoms. The van der Waals surface area contributed by atoms with Gasteiger partial charge >= 0.3 is 0 Å². The second kappa shape index (κ2) is 41.8. The largest absolute Gasteiger partial charge is 0.487 e. The molecule has 6 aliphatic carbocycles. The Morgan fingerprint density at radius 2 is 0.705 bits per heavy atom. The first kappa shape index (κ1) is 99.1. The second-order valence-corrected chi connectivity index (χ2v) is 40.6. The molecule has 0 radical (unpaired) electrons. The normalized spacial score (nSPS) is 26.5. The summed E-state index contributed by atoms with van der Waals surface area (Å²) in [6.45, 7) is 20.0. The van der Waals surface area contributed by atoms with Gasteiger partial charge in [-0.15, -0.1) is 0 Å². The molecule has 5 fully saturated rings. The minimum atomic E-state index is -1.17. The van der Waals surface area contributed by atoms with Crippen molar-refractivity contribution >= 4 is 55.2 Å². The number of ether oxygens (including phenoxy) is 5. The average Bonchev–Trinajstić information content (AvgIpc) is 1.61. The summed E-state index contributed by atoms with van der Waals surface area (Å²) in [4.78, 5) is 35.3. The van der Waals surface area contributed by atoms with Crippen molar-refractivity contribution in [2.45, 2.75) is 280 Å². The zero-order valence-corrected chi connectivity index (χ0v) is 82.5. The van der Waals surface area contributed by atoms with Crippen LogP contribution in [0.1, 0.15) is 176 Å². The maximum Gasteiger partial charge on any atom is 0.162 e. The van der Waals surface area contributed by atoms with Crippen LogP contribution in [0.25, 0.3) is 55.2 Å². The minimum absolute atomic E-state index is 0.208. The predicted octanol–water partition coefficient (Wildman–Crippen LogP) is 10.7. The average molecular weight is 1990 g/mol. The molecule has 33 nitrogen and oxygen atoms in total. The molecular formula is C111H124F2N18O15. The minimum Gasteiger partial charge on any atom is -0.487 e. The maximum absolute atomic E-state index is 14.2. The van der Waals surface area contributed by atoms with Crippen molar-refractivity contribution in [1.82, 2.24) is 84.0 Å². The molecule has 0 spiro atoms. The molecule has 0 amide bonds. The molecule has 12 aromatic heterocycles. The van der Waals surface area contributed by atoms with Gasteiger partial charge in [-0.05, 0) is 254 Å². The number of fused-ring (bicyclic) bond motifs is 10. The van der Waals surface area contributed by atoms with Crippen molar-refractivity contribution in [3.63, 3.8) is 0 Å². The number of nitriles is 1. The van der Waals surface area contributed by atoms with Crippen LogP contribution in [-0.4, -0.2) is 232 Å². The Hall–Kier alpha value is -12.9. The van der Waals surface area contributed by atoms with Gasteiger partial charge in [0.1, 0.15) is 155 Å². The summed E-state index contributed by atoms with van der Waals surface area (Å²) < 4.78 is 68.9. The zero-order chi connectivity index (χ0) is 101. The lowest BCUT2D eigenvalue weighted by molar-refractivity contribution is -0.0167. The Kier molecular flexibility index (Phi) is 28.4. The molecule has 16 heterocycles. The van der Waals surface area contributed by atoms with Gasteiger partial charge in [-0.2, -0.15) is 5.26 Å². The van der Waals surface area contributed by atoms with Gasteiger partial charge in [0.15, 0.2) is 11.6 Å². The van der Waals surface area contributed by atoms with Crippen molar-refractivity contribution in [3.8, 4) is 34.8 Å². The van der Waals surface area contributed by atoms with Gasteiger partial charge in [-0.3, -0.25) is 9.97 Å². The molecule has 0 saturated heterocycles. The van der Waals surface area contributed by atoms with Gasteiger partial charge in [-0.1, -0.05) is 6.07 Å². The third-order valence-corrected chi connectivity index (χ3v) is 31.6. The number of aliphatic hydroxyl groups excluding tert-OH is 10. The van der Waals surface area contributed by atoms with E-state index in [4.69, 9.17) is 23.7 Å². The second-order valence-electron chi connectivity index (χ2n) is 40.6. The number of aryl methyl sites for hydroxylation is 7. The topological polar surface area (TPSA) is 448 Å². The number of benzene rings is 3. The monoisotopic (exact) mass is 1990 g/mol. The molecule has 20 atom stereocenters. The Morgan fingerprint density at radius 3 is 1.16 bits per heavy atom. The summed E-state index contributed by atoms with van der Waals surface area (Å²) in [5.41, 5.74) is 22.3. The van der Waals surface area contributed by atoms with Crippen LogP contribution in [-0.2, 0) is 64.7 Å². The van der Waals surface area contributed by atoms with E-state index in [0.29, 0.717) is 86.3 Å². The van der Waals surface area contributed by atoms with E-state index in [0.717, 1.165) is 200 Å². The number of hydrogen-bond donors (Lipinski definition) is 14. The van der Waals surface area contributed by atoms with Crippen LogP contribution in [0, 0.1) is 71.4 Å². The molecular weight excluding hydrogens is 1860 g/mol. The standard InChI is InChI=1S/C23H24N4O3.C23H27N3O3.C22H23F2N3O3.C22H26N4O3.C21H24N4O3/c1-13-2-6-26-23-16(13)4-7-27(23)18-10-20(22(29)21(18)28)30-19-9-14(11-24)8-15-3-5-25-12-17(15)19;1-13-9-15-12-24-6-4-17(15)19(10-13)29-20-11-18(21(27)22(20)28)26-8-5-16-14(2)3-7-25-23(16)26;1-11-2-6-26-22-12(11)4-7-27(22)16-9-18(21(29)20(16)28)30-17-8-15(23)19(24)13-3-5-25-10-14(13)17;1-12-14-5-3-4-6-16(14)19(10-23-12)29-18-9-17(20(27)21(18)28)26-8-7-15-13(2)24-11-25-22(15)26;1-12-2-6-24-21-14(12)4-7-25(21)16-8-17(20(27)19(16)26)28-18-11-23-9-13-3-5-22-10-15(13)18/h2,4,6-9,18,20-22,25,28-29H,3,5,10,12H2,1H3;3,5,7-10,18,20-22,24,27-28H,4,6,11-12H2,1-2H3;2,4,6-8,16,18,20-21,25,28-29H,3,5,9-10H2,1H3;7-8,10-11,17-18,20-21,27-28H,3-6,9H2,1-2H3;2,4,6-7,9,11,16-17,19-20,22,26-27H,3,5,8,10H2,1H3/t2*18-,20+,21+,22-;16-,18+,20+,21-;17-,18+,20+,21-;16-,17+,19+,20-/m11111/s1. The lowest BCUT2D eigenvalue weighted by Crippen LogP contribution is -2.35. The van der Waals surface area contributed by atoms with Crippen LogP contribution in [0.3, 0.4) is 0 Å². The van der Waals surface area contributed by atoms with Crippen molar-refractivity contribution < 1.29 is 83.5 Å². The first-order chi connectivity index (χ1) is 70.7. The van der Waals surface area contributed by atoms with E-state index in [1.165, 1.54) is 40.6 Å². The number of hydrogen-bond acceptors (Lipinski definition) is 28. The van der Waals surface area contributed by atoms with Crippen LogP contribution in [0.4, 0.5) is 8.78 Å². The molecule has 15 aromatic rings. The van der Waals surface area contributed by atoms with Crippen molar-refractivity contribution in [2.75, 3.05) is 26.2 Å².